The summed E-state index contributed by atoms with van der Waals surface area (Å²) in [5.41, 5.74) is -0.596. The zero-order chi connectivity index (χ0) is 19.9. The zero-order valence-electron chi connectivity index (χ0n) is 15.6. The zero-order valence-corrected chi connectivity index (χ0v) is 15.6. The van der Waals surface area contributed by atoms with Gasteiger partial charge in [-0.05, 0) is 31.0 Å². The Morgan fingerprint density at radius 2 is 1.75 bits per heavy atom. The molecule has 1 saturated heterocycles. The van der Waals surface area contributed by atoms with Gasteiger partial charge in [0.25, 0.3) is 11.5 Å². The van der Waals surface area contributed by atoms with Crippen LogP contribution in [-0.2, 0) is 4.79 Å². The molecule has 1 N–H and O–H groups in total. The lowest BCUT2D eigenvalue weighted by Gasteiger charge is -2.20. The summed E-state index contributed by atoms with van der Waals surface area (Å²) in [7, 11) is 0. The number of carbonyl (C=O) groups excluding carboxylic acids is 2. The Labute approximate surface area is 162 Å². The molecule has 0 aliphatic carbocycles. The maximum Gasteiger partial charge on any atom is 0.271 e. The highest BCUT2D eigenvalue weighted by Crippen LogP contribution is 2.11. The third-order valence-corrected chi connectivity index (χ3v) is 4.70. The highest BCUT2D eigenvalue weighted by atomic mass is 19.1. The number of aromatic nitrogens is 2. The van der Waals surface area contributed by atoms with Crippen LogP contribution >= 0.6 is 0 Å². The lowest BCUT2D eigenvalue weighted by molar-refractivity contribution is -0.131. The van der Waals surface area contributed by atoms with Crippen LogP contribution in [0.4, 0.5) is 4.39 Å². The second-order valence-electron chi connectivity index (χ2n) is 6.72. The highest BCUT2D eigenvalue weighted by molar-refractivity contribution is 5.92. The first-order valence-corrected chi connectivity index (χ1v) is 9.47. The molecule has 0 saturated carbocycles. The molecule has 0 unspecified atom stereocenters. The van der Waals surface area contributed by atoms with Crippen LogP contribution < -0.4 is 10.9 Å². The van der Waals surface area contributed by atoms with Crippen molar-refractivity contribution in [1.29, 1.82) is 0 Å². The first-order valence-electron chi connectivity index (χ1n) is 9.47. The molecule has 1 aliphatic rings. The average Bonchev–Trinajstić information content (AvgIpc) is 2.98. The highest BCUT2D eigenvalue weighted by Gasteiger charge is 2.16. The summed E-state index contributed by atoms with van der Waals surface area (Å²) in [5, 5.41) is 6.60. The molecule has 7 nitrogen and oxygen atoms in total. The molecule has 2 heterocycles. The molecule has 148 valence electrons. The van der Waals surface area contributed by atoms with Gasteiger partial charge < -0.3 is 10.2 Å². The third-order valence-electron chi connectivity index (χ3n) is 4.70. The molecule has 3 rings (SSSR count). The fraction of sp³-hybridized carbons (Fsp3) is 0.400. The molecule has 0 spiro atoms. The van der Waals surface area contributed by atoms with Crippen molar-refractivity contribution in [2.75, 3.05) is 19.6 Å². The van der Waals surface area contributed by atoms with Crippen molar-refractivity contribution in [3.63, 3.8) is 0 Å². The monoisotopic (exact) mass is 386 g/mol. The Kier molecular flexibility index (Phi) is 6.52. The van der Waals surface area contributed by atoms with Crippen LogP contribution in [-0.4, -0.2) is 46.1 Å². The minimum atomic E-state index is -0.613. The van der Waals surface area contributed by atoms with Gasteiger partial charge in [0.15, 0.2) is 0 Å². The SMILES string of the molecule is O=C(NCCC(=O)N1CCCCCC1)c1ccc(=O)n(-c2ccccc2F)n1. The summed E-state index contributed by atoms with van der Waals surface area (Å²) >= 11 is 0. The molecule has 8 heteroatoms. The standard InChI is InChI=1S/C20H23FN4O3/c21-15-7-3-4-8-17(15)25-19(27)10-9-16(23-25)20(28)22-12-11-18(26)24-13-5-1-2-6-14-24/h3-4,7-10H,1-2,5-6,11-14H2,(H,22,28). The van der Waals surface area contributed by atoms with E-state index in [4.69, 9.17) is 0 Å². The van der Waals surface area contributed by atoms with Crippen molar-refractivity contribution < 1.29 is 14.0 Å². The number of halogens is 1. The first kappa shape index (κ1) is 19.7. The Morgan fingerprint density at radius 1 is 1.04 bits per heavy atom. The lowest BCUT2D eigenvalue weighted by atomic mass is 10.2. The molecule has 2 amide bonds. The average molecular weight is 386 g/mol. The summed E-state index contributed by atoms with van der Waals surface area (Å²) in [6.07, 6.45) is 4.52. The Morgan fingerprint density at radius 3 is 2.46 bits per heavy atom. The summed E-state index contributed by atoms with van der Waals surface area (Å²) in [4.78, 5) is 38.4. The van der Waals surface area contributed by atoms with Gasteiger partial charge >= 0.3 is 0 Å². The summed E-state index contributed by atoms with van der Waals surface area (Å²) in [6, 6.07) is 8.15. The van der Waals surface area contributed by atoms with E-state index in [1.807, 2.05) is 4.90 Å². The minimum absolute atomic E-state index is 0.0199. The van der Waals surface area contributed by atoms with Crippen molar-refractivity contribution >= 4 is 11.8 Å². The first-order chi connectivity index (χ1) is 13.6. The quantitative estimate of drug-likeness (QED) is 0.851. The third kappa shape index (κ3) is 4.82. The van der Waals surface area contributed by atoms with E-state index in [-0.39, 0.29) is 30.3 Å². The van der Waals surface area contributed by atoms with E-state index in [9.17, 15) is 18.8 Å². The molecule has 0 atom stereocenters. The smallest absolute Gasteiger partial charge is 0.271 e. The van der Waals surface area contributed by atoms with Gasteiger partial charge in [-0.1, -0.05) is 25.0 Å². The van der Waals surface area contributed by atoms with E-state index in [2.05, 4.69) is 10.4 Å². The van der Waals surface area contributed by atoms with Crippen LogP contribution in [0.25, 0.3) is 5.69 Å². The second kappa shape index (κ2) is 9.25. The normalized spacial score (nSPS) is 14.4. The van der Waals surface area contributed by atoms with E-state index in [0.717, 1.165) is 49.5 Å². The summed E-state index contributed by atoms with van der Waals surface area (Å²) < 4.78 is 14.8. The number of rotatable bonds is 5. The molecule has 1 fully saturated rings. The number of para-hydroxylation sites is 1. The van der Waals surface area contributed by atoms with Crippen molar-refractivity contribution in [1.82, 2.24) is 20.0 Å². The fourth-order valence-corrected chi connectivity index (χ4v) is 3.18. The molecule has 1 aromatic heterocycles. The number of carbonyl (C=O) groups is 2. The molecular formula is C20H23FN4O3. The molecule has 1 aliphatic heterocycles. The van der Waals surface area contributed by atoms with Crippen LogP contribution in [0.3, 0.4) is 0 Å². The number of nitrogens with one attached hydrogen (secondary N) is 1. The number of hydrogen-bond donors (Lipinski definition) is 1. The van der Waals surface area contributed by atoms with Gasteiger partial charge in [0.1, 0.15) is 17.2 Å². The number of nitrogens with zero attached hydrogens (tertiary/aromatic N) is 3. The molecule has 0 bridgehead atoms. The number of benzene rings is 1. The topological polar surface area (TPSA) is 84.3 Å². The van der Waals surface area contributed by atoms with Crippen molar-refractivity contribution in [2.24, 2.45) is 0 Å². The minimum Gasteiger partial charge on any atom is -0.350 e. The lowest BCUT2D eigenvalue weighted by Crippen LogP contribution is -2.35. The second-order valence-corrected chi connectivity index (χ2v) is 6.72. The molecule has 2 aromatic rings. The predicted octanol–water partition coefficient (Wildman–Crippen LogP) is 1.89. The van der Waals surface area contributed by atoms with E-state index in [1.165, 1.54) is 24.3 Å². The van der Waals surface area contributed by atoms with Gasteiger partial charge in [-0.15, -0.1) is 0 Å². The number of amides is 2. The van der Waals surface area contributed by atoms with Crippen molar-refractivity contribution in [2.45, 2.75) is 32.1 Å². The largest absolute Gasteiger partial charge is 0.350 e. The van der Waals surface area contributed by atoms with Crippen LogP contribution in [0, 0.1) is 5.82 Å². The van der Waals surface area contributed by atoms with Gasteiger partial charge in [0.2, 0.25) is 5.91 Å². The molecular weight excluding hydrogens is 363 g/mol. The number of hydrogen-bond acceptors (Lipinski definition) is 4. The van der Waals surface area contributed by atoms with Crippen LogP contribution in [0.15, 0.2) is 41.2 Å². The Hall–Kier alpha value is -3.03. The van der Waals surface area contributed by atoms with Crippen molar-refractivity contribution in [3.8, 4) is 5.69 Å². The van der Waals surface area contributed by atoms with Gasteiger partial charge in [-0.25, -0.2) is 4.39 Å². The van der Waals surface area contributed by atoms with E-state index < -0.39 is 17.3 Å². The van der Waals surface area contributed by atoms with Gasteiger partial charge in [0.05, 0.1) is 0 Å². The van der Waals surface area contributed by atoms with Crippen LogP contribution in [0.2, 0.25) is 0 Å². The predicted molar refractivity (Wildman–Crippen MR) is 102 cm³/mol. The maximum absolute atomic E-state index is 13.9. The van der Waals surface area contributed by atoms with Crippen LogP contribution in [0.5, 0.6) is 0 Å². The van der Waals surface area contributed by atoms with E-state index in [0.29, 0.717) is 0 Å². The van der Waals surface area contributed by atoms with Crippen molar-refractivity contribution in [3.05, 3.63) is 58.3 Å². The Balaban J connectivity index is 1.62. The van der Waals surface area contributed by atoms with Gasteiger partial charge in [0, 0.05) is 32.1 Å². The van der Waals surface area contributed by atoms with E-state index >= 15 is 0 Å². The number of likely N-dealkylation sites (tertiary alicyclic amines) is 1. The van der Waals surface area contributed by atoms with E-state index in [1.54, 1.807) is 6.07 Å². The summed E-state index contributed by atoms with van der Waals surface area (Å²) in [6.45, 7) is 1.71. The summed E-state index contributed by atoms with van der Waals surface area (Å²) in [5.74, 6) is -1.11. The fourth-order valence-electron chi connectivity index (χ4n) is 3.18. The molecule has 28 heavy (non-hydrogen) atoms. The van der Waals surface area contributed by atoms with Crippen LogP contribution in [0.1, 0.15) is 42.6 Å². The van der Waals surface area contributed by atoms with Gasteiger partial charge in [-0.3, -0.25) is 14.4 Å². The maximum atomic E-state index is 13.9. The van der Waals surface area contributed by atoms with Gasteiger partial charge in [-0.2, -0.15) is 9.78 Å². The molecule has 1 aromatic carbocycles. The Bertz CT molecular complexity index is 904. The molecule has 0 radical (unpaired) electrons.